The van der Waals surface area contributed by atoms with Gasteiger partial charge in [-0.1, -0.05) is 0 Å². The average molecular weight is 181 g/mol. The van der Waals surface area contributed by atoms with Crippen LogP contribution in [0.1, 0.15) is 12.8 Å². The van der Waals surface area contributed by atoms with Crippen molar-refractivity contribution in [1.82, 2.24) is 9.78 Å². The molecule has 0 aromatic carbocycles. The van der Waals surface area contributed by atoms with Crippen molar-refractivity contribution in [3.05, 3.63) is 12.4 Å². The molecule has 1 aromatic heterocycles. The highest BCUT2D eigenvalue weighted by atomic mass is 16.5. The van der Waals surface area contributed by atoms with Crippen LogP contribution in [0.4, 0.5) is 5.69 Å². The molecule has 1 N–H and O–H groups in total. The third-order valence-electron chi connectivity index (χ3n) is 2.26. The monoisotopic (exact) mass is 181 g/mol. The summed E-state index contributed by atoms with van der Waals surface area (Å²) in [5.74, 6) is 0. The van der Waals surface area contributed by atoms with Crippen molar-refractivity contribution >= 4 is 5.69 Å². The predicted octanol–water partition coefficient (Wildman–Crippen LogP) is 1.01. The zero-order valence-corrected chi connectivity index (χ0v) is 7.86. The van der Waals surface area contributed by atoms with E-state index in [4.69, 9.17) is 4.74 Å². The van der Waals surface area contributed by atoms with Crippen LogP contribution in [-0.4, -0.2) is 29.0 Å². The standard InChI is InChI=1S/C9H15N3O/c1-12-7-8(5-11-12)10-6-9-3-2-4-13-9/h5,7,9-10H,2-4,6H2,1H3/t9-/m0/s1. The van der Waals surface area contributed by atoms with E-state index in [-0.39, 0.29) is 0 Å². The summed E-state index contributed by atoms with van der Waals surface area (Å²) in [6, 6.07) is 0. The Morgan fingerprint density at radius 3 is 3.31 bits per heavy atom. The van der Waals surface area contributed by atoms with Crippen LogP contribution < -0.4 is 5.32 Å². The fraction of sp³-hybridized carbons (Fsp3) is 0.667. The van der Waals surface area contributed by atoms with Crippen LogP contribution in [0.2, 0.25) is 0 Å². The summed E-state index contributed by atoms with van der Waals surface area (Å²) in [4.78, 5) is 0. The zero-order valence-electron chi connectivity index (χ0n) is 7.86. The fourth-order valence-electron chi connectivity index (χ4n) is 1.55. The molecule has 0 amide bonds. The SMILES string of the molecule is Cn1cc(NC[C@@H]2CCCO2)cn1. The molecule has 1 aromatic rings. The molecule has 2 rings (SSSR count). The van der Waals surface area contributed by atoms with E-state index in [0.29, 0.717) is 6.10 Å². The zero-order chi connectivity index (χ0) is 9.10. The van der Waals surface area contributed by atoms with Gasteiger partial charge in [0.25, 0.3) is 0 Å². The van der Waals surface area contributed by atoms with Gasteiger partial charge in [0, 0.05) is 26.4 Å². The normalized spacial score (nSPS) is 22.1. The Bertz CT molecular complexity index is 266. The topological polar surface area (TPSA) is 39.1 Å². The third kappa shape index (κ3) is 2.21. The van der Waals surface area contributed by atoms with Gasteiger partial charge in [-0.25, -0.2) is 0 Å². The molecule has 4 nitrogen and oxygen atoms in total. The van der Waals surface area contributed by atoms with E-state index in [0.717, 1.165) is 18.8 Å². The molecule has 0 spiro atoms. The number of nitrogens with zero attached hydrogens (tertiary/aromatic N) is 2. The molecule has 2 heterocycles. The summed E-state index contributed by atoms with van der Waals surface area (Å²) in [6.45, 7) is 1.81. The Balaban J connectivity index is 1.78. The maximum absolute atomic E-state index is 5.49. The van der Waals surface area contributed by atoms with Gasteiger partial charge in [-0.05, 0) is 12.8 Å². The van der Waals surface area contributed by atoms with Gasteiger partial charge in [-0.2, -0.15) is 5.10 Å². The van der Waals surface area contributed by atoms with E-state index < -0.39 is 0 Å². The van der Waals surface area contributed by atoms with Gasteiger partial charge in [0.1, 0.15) is 0 Å². The second kappa shape index (κ2) is 3.79. The molecular formula is C9H15N3O. The summed E-state index contributed by atoms with van der Waals surface area (Å²) in [5.41, 5.74) is 1.07. The first-order valence-corrected chi connectivity index (χ1v) is 4.69. The van der Waals surface area contributed by atoms with Gasteiger partial charge in [0.2, 0.25) is 0 Å². The predicted molar refractivity (Wildman–Crippen MR) is 50.7 cm³/mol. The fourth-order valence-corrected chi connectivity index (χ4v) is 1.55. The number of anilines is 1. The summed E-state index contributed by atoms with van der Waals surface area (Å²) in [5, 5.41) is 7.37. The Hall–Kier alpha value is -1.03. The summed E-state index contributed by atoms with van der Waals surface area (Å²) in [7, 11) is 1.91. The first-order valence-electron chi connectivity index (χ1n) is 4.69. The molecule has 1 atom stereocenters. The van der Waals surface area contributed by atoms with Crippen molar-refractivity contribution in [2.24, 2.45) is 7.05 Å². The quantitative estimate of drug-likeness (QED) is 0.756. The Labute approximate surface area is 77.9 Å². The molecule has 1 saturated heterocycles. The number of rotatable bonds is 3. The van der Waals surface area contributed by atoms with E-state index in [2.05, 4.69) is 10.4 Å². The number of aromatic nitrogens is 2. The lowest BCUT2D eigenvalue weighted by molar-refractivity contribution is 0.120. The third-order valence-corrected chi connectivity index (χ3v) is 2.26. The largest absolute Gasteiger partial charge is 0.380 e. The van der Waals surface area contributed by atoms with Crippen LogP contribution in [0.15, 0.2) is 12.4 Å². The van der Waals surface area contributed by atoms with Crippen LogP contribution in [0.5, 0.6) is 0 Å². The maximum atomic E-state index is 5.49. The minimum Gasteiger partial charge on any atom is -0.380 e. The summed E-state index contributed by atoms with van der Waals surface area (Å²) in [6.07, 6.45) is 6.55. The van der Waals surface area contributed by atoms with Crippen LogP contribution in [0, 0.1) is 0 Å². The molecule has 13 heavy (non-hydrogen) atoms. The van der Waals surface area contributed by atoms with Crippen LogP contribution in [0.25, 0.3) is 0 Å². The number of hydrogen-bond donors (Lipinski definition) is 1. The molecule has 0 bridgehead atoms. The second-order valence-corrected chi connectivity index (χ2v) is 3.42. The average Bonchev–Trinajstić information content (AvgIpc) is 2.71. The molecule has 0 saturated carbocycles. The number of ether oxygens (including phenoxy) is 1. The van der Waals surface area contributed by atoms with Gasteiger partial charge in [-0.3, -0.25) is 4.68 Å². The van der Waals surface area contributed by atoms with E-state index in [1.54, 1.807) is 4.68 Å². The van der Waals surface area contributed by atoms with Crippen LogP contribution >= 0.6 is 0 Å². The molecule has 1 aliphatic rings. The first-order chi connectivity index (χ1) is 6.34. The Morgan fingerprint density at radius 1 is 1.77 bits per heavy atom. The highest BCUT2D eigenvalue weighted by Crippen LogP contribution is 2.13. The Morgan fingerprint density at radius 2 is 2.69 bits per heavy atom. The van der Waals surface area contributed by atoms with Crippen molar-refractivity contribution in [3.63, 3.8) is 0 Å². The molecule has 0 unspecified atom stereocenters. The molecule has 0 radical (unpaired) electrons. The lowest BCUT2D eigenvalue weighted by Gasteiger charge is -2.09. The minimum absolute atomic E-state index is 0.389. The summed E-state index contributed by atoms with van der Waals surface area (Å²) < 4.78 is 7.28. The molecule has 4 heteroatoms. The van der Waals surface area contributed by atoms with Gasteiger partial charge < -0.3 is 10.1 Å². The highest BCUT2D eigenvalue weighted by Gasteiger charge is 2.14. The van der Waals surface area contributed by atoms with Gasteiger partial charge >= 0.3 is 0 Å². The molecular weight excluding hydrogens is 166 g/mol. The molecule has 0 aliphatic carbocycles. The highest BCUT2D eigenvalue weighted by molar-refractivity contribution is 5.37. The minimum atomic E-state index is 0.389. The smallest absolute Gasteiger partial charge is 0.0748 e. The van der Waals surface area contributed by atoms with E-state index in [9.17, 15) is 0 Å². The summed E-state index contributed by atoms with van der Waals surface area (Å²) >= 11 is 0. The van der Waals surface area contributed by atoms with Crippen LogP contribution in [0.3, 0.4) is 0 Å². The van der Waals surface area contributed by atoms with Crippen LogP contribution in [-0.2, 0) is 11.8 Å². The number of nitrogens with one attached hydrogen (secondary N) is 1. The van der Waals surface area contributed by atoms with Crippen molar-refractivity contribution in [1.29, 1.82) is 0 Å². The van der Waals surface area contributed by atoms with Gasteiger partial charge in [0.05, 0.1) is 18.0 Å². The van der Waals surface area contributed by atoms with Crippen molar-refractivity contribution in [2.45, 2.75) is 18.9 Å². The maximum Gasteiger partial charge on any atom is 0.0748 e. The van der Waals surface area contributed by atoms with Gasteiger partial charge in [-0.15, -0.1) is 0 Å². The van der Waals surface area contributed by atoms with Gasteiger partial charge in [0.15, 0.2) is 0 Å². The second-order valence-electron chi connectivity index (χ2n) is 3.42. The lowest BCUT2D eigenvalue weighted by atomic mass is 10.2. The molecule has 1 aliphatic heterocycles. The van der Waals surface area contributed by atoms with Crippen molar-refractivity contribution < 1.29 is 4.74 Å². The van der Waals surface area contributed by atoms with E-state index >= 15 is 0 Å². The number of aryl methyl sites for hydroxylation is 1. The first kappa shape index (κ1) is 8.56. The molecule has 72 valence electrons. The molecule has 1 fully saturated rings. The van der Waals surface area contributed by atoms with Crippen molar-refractivity contribution in [3.8, 4) is 0 Å². The van der Waals surface area contributed by atoms with E-state index in [1.807, 2.05) is 19.4 Å². The lowest BCUT2D eigenvalue weighted by Crippen LogP contribution is -2.17. The van der Waals surface area contributed by atoms with E-state index in [1.165, 1.54) is 12.8 Å². The van der Waals surface area contributed by atoms with Crippen molar-refractivity contribution in [2.75, 3.05) is 18.5 Å². The number of hydrogen-bond acceptors (Lipinski definition) is 3. The Kier molecular flexibility index (Phi) is 2.49.